The Bertz CT molecular complexity index is 615. The summed E-state index contributed by atoms with van der Waals surface area (Å²) in [5.41, 5.74) is 0.375. The molecule has 6 heteroatoms. The predicted octanol–water partition coefficient (Wildman–Crippen LogP) is 2.05. The Morgan fingerprint density at radius 1 is 1.40 bits per heavy atom. The minimum absolute atomic E-state index is 0.0394. The third-order valence-corrected chi connectivity index (χ3v) is 5.96. The summed E-state index contributed by atoms with van der Waals surface area (Å²) in [5.74, 6) is -0.305. The fraction of sp³-hybridized carbons (Fsp3) is 0.571. The minimum Gasteiger partial charge on any atom is -0.392 e. The van der Waals surface area contributed by atoms with Gasteiger partial charge in [-0.15, -0.1) is 0 Å². The van der Waals surface area contributed by atoms with Crippen molar-refractivity contribution in [3.05, 3.63) is 29.1 Å². The third kappa shape index (κ3) is 2.60. The molecule has 0 aliphatic carbocycles. The molecule has 1 aliphatic rings. The number of benzene rings is 1. The van der Waals surface area contributed by atoms with E-state index in [1.807, 2.05) is 13.8 Å². The Morgan fingerprint density at radius 3 is 2.55 bits per heavy atom. The summed E-state index contributed by atoms with van der Waals surface area (Å²) in [6.45, 7) is 5.39. The van der Waals surface area contributed by atoms with Gasteiger partial charge in [-0.1, -0.05) is 6.92 Å². The molecule has 112 valence electrons. The first kappa shape index (κ1) is 15.4. The molecule has 1 N–H and O–H groups in total. The van der Waals surface area contributed by atoms with Gasteiger partial charge in [0.05, 0.1) is 11.5 Å². The maximum atomic E-state index is 13.8. The van der Waals surface area contributed by atoms with Crippen LogP contribution < -0.4 is 0 Å². The van der Waals surface area contributed by atoms with Crippen LogP contribution in [0, 0.1) is 18.7 Å². The van der Waals surface area contributed by atoms with E-state index in [1.165, 1.54) is 23.4 Å². The van der Waals surface area contributed by atoms with Crippen LogP contribution in [-0.2, 0) is 16.6 Å². The molecule has 2 unspecified atom stereocenters. The zero-order valence-electron chi connectivity index (χ0n) is 11.9. The maximum Gasteiger partial charge on any atom is 0.243 e. The molecule has 2 atom stereocenters. The van der Waals surface area contributed by atoms with Crippen molar-refractivity contribution in [1.29, 1.82) is 0 Å². The molecule has 1 aromatic rings. The lowest BCUT2D eigenvalue weighted by atomic mass is 10.1. The van der Waals surface area contributed by atoms with Gasteiger partial charge in [-0.25, -0.2) is 12.8 Å². The number of sulfonamides is 1. The van der Waals surface area contributed by atoms with Crippen LogP contribution in [0.3, 0.4) is 0 Å². The minimum atomic E-state index is -3.72. The van der Waals surface area contributed by atoms with Crippen molar-refractivity contribution in [3.63, 3.8) is 0 Å². The number of hydrogen-bond donors (Lipinski definition) is 1. The molecule has 2 rings (SSSR count). The van der Waals surface area contributed by atoms with E-state index in [9.17, 15) is 12.8 Å². The summed E-state index contributed by atoms with van der Waals surface area (Å²) in [6, 6.07) is 2.45. The van der Waals surface area contributed by atoms with Crippen LogP contribution in [0.1, 0.15) is 31.4 Å². The molecule has 1 heterocycles. The van der Waals surface area contributed by atoms with Gasteiger partial charge in [0.2, 0.25) is 10.0 Å². The number of nitrogens with zero attached hydrogens (tertiary/aromatic N) is 1. The van der Waals surface area contributed by atoms with Gasteiger partial charge in [-0.05, 0) is 43.9 Å². The second-order valence-corrected chi connectivity index (χ2v) is 7.48. The molecule has 20 heavy (non-hydrogen) atoms. The van der Waals surface area contributed by atoms with E-state index in [4.69, 9.17) is 5.11 Å². The van der Waals surface area contributed by atoms with E-state index in [0.29, 0.717) is 12.5 Å². The van der Waals surface area contributed by atoms with Crippen molar-refractivity contribution in [2.75, 3.05) is 6.54 Å². The Labute approximate surface area is 119 Å². The fourth-order valence-corrected chi connectivity index (χ4v) is 4.84. The molecule has 0 bridgehead atoms. The molecule has 0 spiro atoms. The smallest absolute Gasteiger partial charge is 0.243 e. The Morgan fingerprint density at radius 2 is 2.05 bits per heavy atom. The van der Waals surface area contributed by atoms with Crippen LogP contribution in [-0.4, -0.2) is 30.4 Å². The zero-order valence-corrected chi connectivity index (χ0v) is 12.7. The molecule has 0 amide bonds. The Hall–Kier alpha value is -0.980. The third-order valence-electron chi connectivity index (χ3n) is 3.85. The maximum absolute atomic E-state index is 13.8. The highest BCUT2D eigenvalue weighted by Crippen LogP contribution is 2.31. The van der Waals surface area contributed by atoms with Crippen LogP contribution in [0.5, 0.6) is 0 Å². The average molecular weight is 301 g/mol. The van der Waals surface area contributed by atoms with Gasteiger partial charge >= 0.3 is 0 Å². The van der Waals surface area contributed by atoms with E-state index in [0.717, 1.165) is 6.42 Å². The van der Waals surface area contributed by atoms with Gasteiger partial charge in [-0.2, -0.15) is 4.31 Å². The average Bonchev–Trinajstić information content (AvgIpc) is 2.72. The van der Waals surface area contributed by atoms with Crippen molar-refractivity contribution in [2.45, 2.75) is 44.7 Å². The van der Waals surface area contributed by atoms with Crippen LogP contribution in [0.2, 0.25) is 0 Å². The molecule has 1 aliphatic heterocycles. The van der Waals surface area contributed by atoms with Crippen LogP contribution in [0.25, 0.3) is 0 Å². The molecular weight excluding hydrogens is 281 g/mol. The molecule has 0 aromatic heterocycles. The summed E-state index contributed by atoms with van der Waals surface area (Å²) in [4.78, 5) is -0.0394. The van der Waals surface area contributed by atoms with Gasteiger partial charge in [-0.3, -0.25) is 0 Å². The second-order valence-electron chi connectivity index (χ2n) is 5.62. The first-order chi connectivity index (χ1) is 9.27. The van der Waals surface area contributed by atoms with Crippen molar-refractivity contribution < 1.29 is 17.9 Å². The SMILES string of the molecule is Cc1c(F)cc(CO)cc1S(=O)(=O)N1CC(C)CC1C. The van der Waals surface area contributed by atoms with E-state index >= 15 is 0 Å². The first-order valence-electron chi connectivity index (χ1n) is 6.69. The molecule has 0 radical (unpaired) electrons. The molecular formula is C14H20FNO3S. The highest BCUT2D eigenvalue weighted by atomic mass is 32.2. The van der Waals surface area contributed by atoms with Crippen molar-refractivity contribution >= 4 is 10.0 Å². The Kier molecular flexibility index (Phi) is 4.18. The topological polar surface area (TPSA) is 57.6 Å². The second kappa shape index (κ2) is 5.42. The Balaban J connectivity index is 2.52. The number of aliphatic hydroxyl groups is 1. The van der Waals surface area contributed by atoms with Crippen LogP contribution >= 0.6 is 0 Å². The quantitative estimate of drug-likeness (QED) is 0.929. The lowest BCUT2D eigenvalue weighted by Gasteiger charge is -2.22. The summed E-state index contributed by atoms with van der Waals surface area (Å²) < 4.78 is 40.7. The van der Waals surface area contributed by atoms with Crippen molar-refractivity contribution in [2.24, 2.45) is 5.92 Å². The van der Waals surface area contributed by atoms with Gasteiger partial charge in [0.15, 0.2) is 0 Å². The van der Waals surface area contributed by atoms with Gasteiger partial charge in [0.1, 0.15) is 5.82 Å². The van der Waals surface area contributed by atoms with Crippen molar-refractivity contribution in [1.82, 2.24) is 4.31 Å². The van der Waals surface area contributed by atoms with Crippen molar-refractivity contribution in [3.8, 4) is 0 Å². The summed E-state index contributed by atoms with van der Waals surface area (Å²) in [5, 5.41) is 9.13. The first-order valence-corrected chi connectivity index (χ1v) is 8.13. The summed E-state index contributed by atoms with van der Waals surface area (Å²) in [6.07, 6.45) is 0.806. The fourth-order valence-electron chi connectivity index (χ4n) is 2.79. The van der Waals surface area contributed by atoms with Crippen LogP contribution in [0.15, 0.2) is 17.0 Å². The zero-order chi connectivity index (χ0) is 15.1. The molecule has 0 saturated carbocycles. The number of rotatable bonds is 3. The normalized spacial score (nSPS) is 24.2. The number of aliphatic hydroxyl groups excluding tert-OH is 1. The predicted molar refractivity (Wildman–Crippen MR) is 74.2 cm³/mol. The van der Waals surface area contributed by atoms with Crippen LogP contribution in [0.4, 0.5) is 4.39 Å². The summed E-state index contributed by atoms with van der Waals surface area (Å²) >= 11 is 0. The molecule has 1 saturated heterocycles. The highest BCUT2D eigenvalue weighted by Gasteiger charge is 2.37. The monoisotopic (exact) mass is 301 g/mol. The lowest BCUT2D eigenvalue weighted by Crippen LogP contribution is -2.34. The van der Waals surface area contributed by atoms with Gasteiger partial charge < -0.3 is 5.11 Å². The van der Waals surface area contributed by atoms with E-state index < -0.39 is 15.8 Å². The van der Waals surface area contributed by atoms with Gasteiger partial charge in [0, 0.05) is 18.2 Å². The number of halogens is 1. The molecule has 1 fully saturated rings. The van der Waals surface area contributed by atoms with E-state index in [1.54, 1.807) is 0 Å². The summed E-state index contributed by atoms with van der Waals surface area (Å²) in [7, 11) is -3.72. The van der Waals surface area contributed by atoms with E-state index in [2.05, 4.69) is 0 Å². The molecule has 1 aromatic carbocycles. The van der Waals surface area contributed by atoms with E-state index in [-0.39, 0.29) is 28.7 Å². The standard InChI is InChI=1S/C14H20FNO3S/c1-9-4-10(2)16(7-9)20(18,19)14-6-12(8-17)5-13(15)11(14)3/h5-6,9-10,17H,4,7-8H2,1-3H3. The number of hydrogen-bond acceptors (Lipinski definition) is 3. The lowest BCUT2D eigenvalue weighted by molar-refractivity contribution is 0.280. The molecule has 4 nitrogen and oxygen atoms in total. The van der Waals surface area contributed by atoms with Gasteiger partial charge in [0.25, 0.3) is 0 Å². The largest absolute Gasteiger partial charge is 0.392 e. The highest BCUT2D eigenvalue weighted by molar-refractivity contribution is 7.89.